The number of hydrogen-bond donors (Lipinski definition) is 1. The zero-order chi connectivity index (χ0) is 22.6. The zero-order valence-corrected chi connectivity index (χ0v) is 20.0. The summed E-state index contributed by atoms with van der Waals surface area (Å²) < 4.78 is 33.8. The van der Waals surface area contributed by atoms with Gasteiger partial charge in [0.15, 0.2) is 6.61 Å². The van der Waals surface area contributed by atoms with Crippen LogP contribution in [0.4, 0.5) is 5.69 Å². The van der Waals surface area contributed by atoms with E-state index in [2.05, 4.69) is 21.2 Å². The van der Waals surface area contributed by atoms with E-state index >= 15 is 0 Å². The molecule has 1 fully saturated rings. The number of carbonyl (C=O) groups is 1. The summed E-state index contributed by atoms with van der Waals surface area (Å²) in [6.07, 6.45) is 3.91. The van der Waals surface area contributed by atoms with Gasteiger partial charge < -0.3 is 10.1 Å². The third kappa shape index (κ3) is 5.14. The lowest BCUT2D eigenvalue weighted by Gasteiger charge is -2.20. The number of ether oxygens (including phenoxy) is 1. The molecule has 1 saturated heterocycles. The third-order valence-electron chi connectivity index (χ3n) is 5.53. The van der Waals surface area contributed by atoms with Crippen molar-refractivity contribution in [2.45, 2.75) is 30.6 Å². The van der Waals surface area contributed by atoms with Crippen LogP contribution in [0.2, 0.25) is 0 Å². The van der Waals surface area contributed by atoms with Gasteiger partial charge >= 0.3 is 0 Å². The predicted octanol–water partition coefficient (Wildman–Crippen LogP) is 5.18. The van der Waals surface area contributed by atoms with Gasteiger partial charge in [-0.2, -0.15) is 4.31 Å². The maximum absolute atomic E-state index is 12.9. The minimum atomic E-state index is -3.51. The van der Waals surface area contributed by atoms with E-state index in [4.69, 9.17) is 4.74 Å². The summed E-state index contributed by atoms with van der Waals surface area (Å²) >= 11 is 3.55. The number of nitrogens with zero attached hydrogens (tertiary/aromatic N) is 1. The molecule has 0 unspecified atom stereocenters. The number of amides is 1. The molecule has 3 aromatic rings. The molecule has 1 N–H and O–H groups in total. The van der Waals surface area contributed by atoms with Gasteiger partial charge in [0, 0.05) is 18.8 Å². The fraction of sp³-hybridized carbons (Fsp3) is 0.292. The number of rotatable bonds is 6. The Balaban J connectivity index is 1.37. The summed E-state index contributed by atoms with van der Waals surface area (Å²) in [4.78, 5) is 12.6. The number of fused-ring (bicyclic) bond motifs is 1. The Hall–Kier alpha value is -2.42. The summed E-state index contributed by atoms with van der Waals surface area (Å²) in [7, 11) is -3.51. The van der Waals surface area contributed by atoms with Crippen LogP contribution in [0.5, 0.6) is 5.75 Å². The largest absolute Gasteiger partial charge is 0.483 e. The molecule has 0 radical (unpaired) electrons. The molecule has 6 nitrogen and oxygen atoms in total. The lowest BCUT2D eigenvalue weighted by Crippen LogP contribution is -2.31. The van der Waals surface area contributed by atoms with Gasteiger partial charge in [0.05, 0.1) is 9.37 Å². The van der Waals surface area contributed by atoms with Crippen molar-refractivity contribution in [3.8, 4) is 5.75 Å². The predicted molar refractivity (Wildman–Crippen MR) is 129 cm³/mol. The first kappa shape index (κ1) is 22.8. The smallest absolute Gasteiger partial charge is 0.262 e. The van der Waals surface area contributed by atoms with Crippen molar-refractivity contribution in [1.29, 1.82) is 0 Å². The Morgan fingerprint density at radius 1 is 0.938 bits per heavy atom. The van der Waals surface area contributed by atoms with Crippen LogP contribution in [0.15, 0.2) is 70.0 Å². The molecule has 1 amide bonds. The second-order valence-electron chi connectivity index (χ2n) is 7.78. The number of anilines is 1. The Bertz CT molecular complexity index is 1200. The fourth-order valence-electron chi connectivity index (χ4n) is 3.81. The average Bonchev–Trinajstić information content (AvgIpc) is 3.09. The highest BCUT2D eigenvalue weighted by atomic mass is 79.9. The van der Waals surface area contributed by atoms with E-state index in [0.717, 1.165) is 40.9 Å². The molecule has 4 rings (SSSR count). The fourth-order valence-corrected chi connectivity index (χ4v) is 5.93. The molecule has 3 aromatic carbocycles. The van der Waals surface area contributed by atoms with E-state index in [1.807, 2.05) is 36.4 Å². The Morgan fingerprint density at radius 2 is 1.62 bits per heavy atom. The van der Waals surface area contributed by atoms with E-state index in [1.54, 1.807) is 16.4 Å². The van der Waals surface area contributed by atoms with Gasteiger partial charge in [-0.1, -0.05) is 43.2 Å². The number of hydrogen-bond acceptors (Lipinski definition) is 4. The third-order valence-corrected chi connectivity index (χ3v) is 8.26. The van der Waals surface area contributed by atoms with Gasteiger partial charge in [-0.3, -0.25) is 4.79 Å². The van der Waals surface area contributed by atoms with Gasteiger partial charge in [0.25, 0.3) is 5.91 Å². The van der Waals surface area contributed by atoms with Crippen molar-refractivity contribution in [3.63, 3.8) is 0 Å². The Labute approximate surface area is 196 Å². The highest BCUT2D eigenvalue weighted by Gasteiger charge is 2.25. The summed E-state index contributed by atoms with van der Waals surface area (Å²) in [5, 5.41) is 4.83. The molecule has 8 heteroatoms. The maximum Gasteiger partial charge on any atom is 0.262 e. The molecule has 0 saturated carbocycles. The van der Waals surface area contributed by atoms with Crippen LogP contribution in [0, 0.1) is 0 Å². The van der Waals surface area contributed by atoms with Crippen LogP contribution in [0.1, 0.15) is 25.7 Å². The summed E-state index contributed by atoms with van der Waals surface area (Å²) in [6, 6.07) is 17.9. The van der Waals surface area contributed by atoms with E-state index in [1.165, 1.54) is 12.1 Å². The number of benzene rings is 3. The molecule has 1 aliphatic heterocycles. The van der Waals surface area contributed by atoms with E-state index in [-0.39, 0.29) is 17.4 Å². The number of sulfonamides is 1. The van der Waals surface area contributed by atoms with E-state index in [0.29, 0.717) is 24.5 Å². The molecule has 1 aliphatic rings. The van der Waals surface area contributed by atoms with Crippen molar-refractivity contribution < 1.29 is 17.9 Å². The minimum absolute atomic E-state index is 0.162. The summed E-state index contributed by atoms with van der Waals surface area (Å²) in [6.45, 7) is 0.954. The van der Waals surface area contributed by atoms with Crippen LogP contribution < -0.4 is 10.1 Å². The van der Waals surface area contributed by atoms with Gasteiger partial charge in [0.1, 0.15) is 5.75 Å². The maximum atomic E-state index is 12.9. The van der Waals surface area contributed by atoms with Crippen LogP contribution in [-0.4, -0.2) is 38.3 Å². The lowest BCUT2D eigenvalue weighted by molar-refractivity contribution is -0.118. The van der Waals surface area contributed by atoms with Crippen molar-refractivity contribution in [2.75, 3.05) is 25.0 Å². The van der Waals surface area contributed by atoms with Gasteiger partial charge in [-0.15, -0.1) is 0 Å². The molecule has 0 spiro atoms. The topological polar surface area (TPSA) is 75.7 Å². The second kappa shape index (κ2) is 10.0. The molecule has 32 heavy (non-hydrogen) atoms. The van der Waals surface area contributed by atoms with E-state index < -0.39 is 10.0 Å². The molecule has 0 aliphatic carbocycles. The zero-order valence-electron chi connectivity index (χ0n) is 17.6. The molecule has 168 valence electrons. The van der Waals surface area contributed by atoms with Crippen molar-refractivity contribution in [3.05, 3.63) is 65.1 Å². The monoisotopic (exact) mass is 516 g/mol. The van der Waals surface area contributed by atoms with Gasteiger partial charge in [-0.05, 0) is 69.9 Å². The quantitative estimate of drug-likeness (QED) is 0.489. The Kier molecular flexibility index (Phi) is 7.13. The highest BCUT2D eigenvalue weighted by molar-refractivity contribution is 9.10. The number of nitrogens with one attached hydrogen (secondary N) is 1. The second-order valence-corrected chi connectivity index (χ2v) is 10.5. The SMILES string of the molecule is O=C(COc1ccc2ccccc2c1Br)Nc1ccc(S(=O)(=O)N2CCCCCC2)cc1. The van der Waals surface area contributed by atoms with Crippen molar-refractivity contribution in [1.82, 2.24) is 4.31 Å². The normalized spacial score (nSPS) is 15.3. The van der Waals surface area contributed by atoms with Gasteiger partial charge in [-0.25, -0.2) is 8.42 Å². The molecular weight excluding hydrogens is 492 g/mol. The van der Waals surface area contributed by atoms with E-state index in [9.17, 15) is 13.2 Å². The average molecular weight is 517 g/mol. The minimum Gasteiger partial charge on any atom is -0.483 e. The van der Waals surface area contributed by atoms with Gasteiger partial charge in [0.2, 0.25) is 10.0 Å². The first-order valence-electron chi connectivity index (χ1n) is 10.7. The number of halogens is 1. The summed E-state index contributed by atoms with van der Waals surface area (Å²) in [5.41, 5.74) is 0.519. The van der Waals surface area contributed by atoms with Crippen LogP contribution in [0.3, 0.4) is 0 Å². The summed E-state index contributed by atoms with van der Waals surface area (Å²) in [5.74, 6) is 0.255. The van der Waals surface area contributed by atoms with Crippen LogP contribution in [-0.2, 0) is 14.8 Å². The van der Waals surface area contributed by atoms with Crippen LogP contribution >= 0.6 is 15.9 Å². The van der Waals surface area contributed by atoms with Crippen molar-refractivity contribution >= 4 is 48.3 Å². The van der Waals surface area contributed by atoms with Crippen LogP contribution in [0.25, 0.3) is 10.8 Å². The molecule has 1 heterocycles. The molecule has 0 bridgehead atoms. The Morgan fingerprint density at radius 3 is 2.34 bits per heavy atom. The molecule has 0 aromatic heterocycles. The highest BCUT2D eigenvalue weighted by Crippen LogP contribution is 2.33. The first-order chi connectivity index (χ1) is 15.4. The number of carbonyl (C=O) groups excluding carboxylic acids is 1. The van der Waals surface area contributed by atoms with Crippen molar-refractivity contribution in [2.24, 2.45) is 0 Å². The molecular formula is C24H25BrN2O4S. The molecule has 0 atom stereocenters. The first-order valence-corrected chi connectivity index (χ1v) is 12.9. The standard InChI is InChI=1S/C24H25BrN2O4S/c25-24-21-8-4-3-7-18(21)9-14-22(24)31-17-23(28)26-19-10-12-20(13-11-19)32(29,30)27-15-5-1-2-6-16-27/h3-4,7-14H,1-2,5-6,15-17H2,(H,26,28). The lowest BCUT2D eigenvalue weighted by atomic mass is 10.1.